The van der Waals surface area contributed by atoms with Crippen LogP contribution in [0.4, 0.5) is 0 Å². The highest BCUT2D eigenvalue weighted by molar-refractivity contribution is 5.44. The van der Waals surface area contributed by atoms with E-state index in [9.17, 15) is 10.2 Å². The van der Waals surface area contributed by atoms with Gasteiger partial charge in [0.2, 0.25) is 0 Å². The maximum absolute atomic E-state index is 9.57. The van der Waals surface area contributed by atoms with Gasteiger partial charge in [-0.15, -0.1) is 0 Å². The van der Waals surface area contributed by atoms with Crippen LogP contribution >= 0.6 is 0 Å². The zero-order valence-electron chi connectivity index (χ0n) is 18.4. The molecule has 4 heteroatoms. The molecule has 2 aromatic rings. The number of rotatable bonds is 11. The third kappa shape index (κ3) is 6.76. The summed E-state index contributed by atoms with van der Waals surface area (Å²) in [5.41, 5.74) is 3.71. The van der Waals surface area contributed by atoms with Crippen molar-refractivity contribution in [1.29, 1.82) is 0 Å². The number of aliphatic hydroxyl groups excluding tert-OH is 2. The molecule has 0 heterocycles. The van der Waals surface area contributed by atoms with Gasteiger partial charge < -0.3 is 19.7 Å². The van der Waals surface area contributed by atoms with Crippen molar-refractivity contribution in [3.05, 3.63) is 58.7 Å². The molecule has 1 atom stereocenters. The molecule has 0 bridgehead atoms. The van der Waals surface area contributed by atoms with Gasteiger partial charge in [0.1, 0.15) is 24.7 Å². The van der Waals surface area contributed by atoms with Crippen LogP contribution in [0.5, 0.6) is 11.5 Å². The van der Waals surface area contributed by atoms with Crippen LogP contribution < -0.4 is 9.47 Å². The number of aryl methyl sites for hydroxylation is 1. The average Bonchev–Trinajstić information content (AvgIpc) is 2.69. The summed E-state index contributed by atoms with van der Waals surface area (Å²) in [6.45, 7) is 11.5. The molecular weight excluding hydrogens is 364 g/mol. The van der Waals surface area contributed by atoms with Crippen molar-refractivity contribution < 1.29 is 19.7 Å². The van der Waals surface area contributed by atoms with Gasteiger partial charge in [0.25, 0.3) is 0 Å². The van der Waals surface area contributed by atoms with Gasteiger partial charge in [0, 0.05) is 11.1 Å². The van der Waals surface area contributed by atoms with Gasteiger partial charge in [-0.05, 0) is 48.8 Å². The van der Waals surface area contributed by atoms with Gasteiger partial charge in [-0.3, -0.25) is 0 Å². The monoisotopic (exact) mass is 400 g/mol. The minimum atomic E-state index is -0.125. The van der Waals surface area contributed by atoms with Crippen LogP contribution in [-0.4, -0.2) is 23.4 Å². The van der Waals surface area contributed by atoms with E-state index in [1.165, 1.54) is 12.0 Å². The Hall–Kier alpha value is -2.04. The Morgan fingerprint density at radius 2 is 1.38 bits per heavy atom. The first kappa shape index (κ1) is 23.2. The molecule has 4 nitrogen and oxygen atoms in total. The van der Waals surface area contributed by atoms with E-state index in [2.05, 4.69) is 39.8 Å². The molecule has 0 aromatic heterocycles. The van der Waals surface area contributed by atoms with E-state index in [1.807, 2.05) is 31.2 Å². The van der Waals surface area contributed by atoms with E-state index < -0.39 is 0 Å². The summed E-state index contributed by atoms with van der Waals surface area (Å²) in [6.07, 6.45) is 1.18. The fourth-order valence-corrected chi connectivity index (χ4v) is 3.76. The highest BCUT2D eigenvalue weighted by atomic mass is 16.5. The van der Waals surface area contributed by atoms with Gasteiger partial charge in [-0.2, -0.15) is 0 Å². The molecule has 29 heavy (non-hydrogen) atoms. The Morgan fingerprint density at radius 1 is 0.828 bits per heavy atom. The van der Waals surface area contributed by atoms with Gasteiger partial charge >= 0.3 is 0 Å². The topological polar surface area (TPSA) is 58.9 Å². The highest BCUT2D eigenvalue weighted by Crippen LogP contribution is 2.32. The normalized spacial score (nSPS) is 12.4. The second-order valence-corrected chi connectivity index (χ2v) is 8.47. The fraction of sp³-hybridized carbons (Fsp3) is 0.520. The Balaban J connectivity index is 1.93. The van der Waals surface area contributed by atoms with Crippen LogP contribution in [-0.2, 0) is 13.2 Å². The lowest BCUT2D eigenvalue weighted by molar-refractivity contribution is 0.202. The summed E-state index contributed by atoms with van der Waals surface area (Å²) in [6, 6.07) is 12.1. The van der Waals surface area contributed by atoms with Crippen LogP contribution in [0.25, 0.3) is 0 Å². The predicted molar refractivity (Wildman–Crippen MR) is 117 cm³/mol. The van der Waals surface area contributed by atoms with E-state index in [0.29, 0.717) is 47.8 Å². The zero-order valence-corrected chi connectivity index (χ0v) is 18.4. The van der Waals surface area contributed by atoms with E-state index >= 15 is 0 Å². The van der Waals surface area contributed by atoms with Gasteiger partial charge in [0.05, 0.1) is 13.2 Å². The minimum absolute atomic E-state index is 0.125. The predicted octanol–water partition coefficient (Wildman–Crippen LogP) is 5.22. The molecule has 0 spiro atoms. The van der Waals surface area contributed by atoms with Crippen LogP contribution in [0.1, 0.15) is 62.3 Å². The molecule has 0 aliphatic heterocycles. The van der Waals surface area contributed by atoms with E-state index in [4.69, 9.17) is 9.47 Å². The molecule has 0 fully saturated rings. The molecule has 1 unspecified atom stereocenters. The number of benzene rings is 2. The number of aliphatic hydroxyl groups is 2. The lowest BCUT2D eigenvalue weighted by Crippen LogP contribution is -2.12. The van der Waals surface area contributed by atoms with Crippen molar-refractivity contribution in [1.82, 2.24) is 0 Å². The van der Waals surface area contributed by atoms with E-state index in [0.717, 1.165) is 11.3 Å². The average molecular weight is 401 g/mol. The summed E-state index contributed by atoms with van der Waals surface area (Å²) in [5.74, 6) is 3.20. The second kappa shape index (κ2) is 11.2. The van der Waals surface area contributed by atoms with Crippen LogP contribution in [0, 0.1) is 18.8 Å². The lowest BCUT2D eigenvalue weighted by Gasteiger charge is -2.23. The zero-order chi connectivity index (χ0) is 21.4. The smallest absolute Gasteiger partial charge is 0.130 e. The van der Waals surface area contributed by atoms with Crippen molar-refractivity contribution in [3.63, 3.8) is 0 Å². The van der Waals surface area contributed by atoms with Gasteiger partial charge in [-0.1, -0.05) is 57.5 Å². The van der Waals surface area contributed by atoms with Crippen molar-refractivity contribution in [2.24, 2.45) is 11.8 Å². The molecule has 0 saturated heterocycles. The minimum Gasteiger partial charge on any atom is -0.490 e. The van der Waals surface area contributed by atoms with Crippen LogP contribution in [0.3, 0.4) is 0 Å². The van der Waals surface area contributed by atoms with Crippen LogP contribution in [0.15, 0.2) is 36.4 Å². The highest BCUT2D eigenvalue weighted by Gasteiger charge is 2.17. The summed E-state index contributed by atoms with van der Waals surface area (Å²) >= 11 is 0. The van der Waals surface area contributed by atoms with Crippen molar-refractivity contribution in [2.45, 2.75) is 60.2 Å². The molecule has 160 valence electrons. The molecule has 2 aromatic carbocycles. The largest absolute Gasteiger partial charge is 0.490 e. The van der Waals surface area contributed by atoms with E-state index in [-0.39, 0.29) is 13.2 Å². The fourth-order valence-electron chi connectivity index (χ4n) is 3.76. The molecule has 0 aliphatic rings. The maximum Gasteiger partial charge on any atom is 0.130 e. The van der Waals surface area contributed by atoms with Crippen molar-refractivity contribution in [3.8, 4) is 11.5 Å². The van der Waals surface area contributed by atoms with Crippen molar-refractivity contribution >= 4 is 0 Å². The Labute approximate surface area is 175 Å². The third-order valence-corrected chi connectivity index (χ3v) is 5.16. The molecular formula is C25H36O4. The van der Waals surface area contributed by atoms with Crippen LogP contribution in [0.2, 0.25) is 0 Å². The molecule has 2 rings (SSSR count). The van der Waals surface area contributed by atoms with Gasteiger partial charge in [0.15, 0.2) is 0 Å². The van der Waals surface area contributed by atoms with Gasteiger partial charge in [-0.25, -0.2) is 0 Å². The Kier molecular flexibility index (Phi) is 8.99. The summed E-state index contributed by atoms with van der Waals surface area (Å²) in [5, 5.41) is 19.1. The quantitative estimate of drug-likeness (QED) is 0.508. The number of hydrogen-bond donors (Lipinski definition) is 2. The number of ether oxygens (including phenoxy) is 2. The Bertz CT molecular complexity index is 725. The first-order valence-corrected chi connectivity index (χ1v) is 10.5. The molecule has 2 N–H and O–H groups in total. The first-order chi connectivity index (χ1) is 13.8. The number of hydrogen-bond acceptors (Lipinski definition) is 4. The lowest BCUT2D eigenvalue weighted by atomic mass is 9.82. The second-order valence-electron chi connectivity index (χ2n) is 8.47. The molecule has 0 saturated carbocycles. The summed E-state index contributed by atoms with van der Waals surface area (Å²) in [4.78, 5) is 0. The third-order valence-electron chi connectivity index (χ3n) is 5.16. The SMILES string of the molecule is Cc1cc(CO)c(OCCOc2ccc(C(CC(C)C)C(C)C)cc2)c(CO)c1. The summed E-state index contributed by atoms with van der Waals surface area (Å²) < 4.78 is 11.6. The van der Waals surface area contributed by atoms with Crippen molar-refractivity contribution in [2.75, 3.05) is 13.2 Å². The molecule has 0 radical (unpaired) electrons. The Morgan fingerprint density at radius 3 is 1.86 bits per heavy atom. The first-order valence-electron chi connectivity index (χ1n) is 10.5. The standard InChI is InChI=1S/C25H36O4/c1-17(2)12-24(18(3)4)20-6-8-23(9-7-20)28-10-11-29-25-21(15-26)13-19(5)14-22(25)16-27/h6-9,13-14,17-18,24,26-27H,10-12,15-16H2,1-5H3. The maximum atomic E-state index is 9.57. The summed E-state index contributed by atoms with van der Waals surface area (Å²) in [7, 11) is 0. The molecule has 0 amide bonds. The van der Waals surface area contributed by atoms with E-state index in [1.54, 1.807) is 0 Å². The molecule has 0 aliphatic carbocycles.